The molecule has 0 saturated heterocycles. The molecule has 0 aromatic rings. The van der Waals surface area contributed by atoms with Crippen LogP contribution in [0.4, 0.5) is 0 Å². The highest BCUT2D eigenvalue weighted by Crippen LogP contribution is 2.10. The Morgan fingerprint density at radius 3 is 2.27 bits per heavy atom. The SMILES string of the molecule is CC/C=C/CCCCCC(=O)[Si](C)(C)C. The number of carbonyl (C=O) groups excluding carboxylic acids is 1. The maximum absolute atomic E-state index is 11.6. The van der Waals surface area contributed by atoms with Gasteiger partial charge < -0.3 is 4.79 Å². The van der Waals surface area contributed by atoms with E-state index in [4.69, 9.17) is 0 Å². The summed E-state index contributed by atoms with van der Waals surface area (Å²) in [5.74, 6) is 0. The first kappa shape index (κ1) is 14.6. The molecule has 0 fully saturated rings. The quantitative estimate of drug-likeness (QED) is 0.342. The Kier molecular flexibility index (Phi) is 7.66. The molecule has 0 unspecified atom stereocenters. The second-order valence-electron chi connectivity index (χ2n) is 5.15. The molecule has 0 aromatic heterocycles. The molecule has 2 heteroatoms. The molecule has 0 aliphatic carbocycles. The Labute approximate surface area is 96.0 Å². The van der Waals surface area contributed by atoms with Gasteiger partial charge in [-0.25, -0.2) is 0 Å². The highest BCUT2D eigenvalue weighted by molar-refractivity contribution is 7.03. The Hall–Kier alpha value is -0.373. The van der Waals surface area contributed by atoms with Crippen LogP contribution < -0.4 is 0 Å². The molecule has 0 aliphatic rings. The lowest BCUT2D eigenvalue weighted by molar-refractivity contribution is -0.112. The Bertz CT molecular complexity index is 201. The first-order valence-corrected chi connectivity index (χ1v) is 9.66. The van der Waals surface area contributed by atoms with E-state index in [1.54, 1.807) is 0 Å². The van der Waals surface area contributed by atoms with Gasteiger partial charge >= 0.3 is 0 Å². The minimum absolute atomic E-state index is 0.534. The Balaban J connectivity index is 3.40. The first-order valence-electron chi connectivity index (χ1n) is 6.16. The molecular weight excluding hydrogens is 200 g/mol. The summed E-state index contributed by atoms with van der Waals surface area (Å²) in [5, 5.41) is 0.534. The zero-order valence-corrected chi connectivity index (χ0v) is 11.8. The van der Waals surface area contributed by atoms with Crippen molar-refractivity contribution < 1.29 is 4.79 Å². The van der Waals surface area contributed by atoms with Crippen molar-refractivity contribution in [2.45, 2.75) is 65.1 Å². The standard InChI is InChI=1S/C13H26OSi/c1-5-6-7-8-9-10-11-12-13(14)15(2,3)4/h6-7H,5,8-12H2,1-4H3/b7-6+. The minimum Gasteiger partial charge on any atom is -0.305 e. The van der Waals surface area contributed by atoms with Crippen LogP contribution in [0.1, 0.15) is 45.4 Å². The van der Waals surface area contributed by atoms with Gasteiger partial charge in [-0.3, -0.25) is 0 Å². The molecule has 0 aliphatic heterocycles. The van der Waals surface area contributed by atoms with Crippen LogP contribution in [-0.2, 0) is 4.79 Å². The third-order valence-corrected chi connectivity index (χ3v) is 4.44. The maximum atomic E-state index is 11.6. The van der Waals surface area contributed by atoms with Gasteiger partial charge in [-0.2, -0.15) is 0 Å². The molecule has 0 spiro atoms. The lowest BCUT2D eigenvalue weighted by Gasteiger charge is -2.13. The van der Waals surface area contributed by atoms with Crippen LogP contribution in [0.3, 0.4) is 0 Å². The van der Waals surface area contributed by atoms with Gasteiger partial charge in [0.1, 0.15) is 13.5 Å². The largest absolute Gasteiger partial charge is 0.305 e. The summed E-state index contributed by atoms with van der Waals surface area (Å²) < 4.78 is 0. The molecule has 0 bridgehead atoms. The smallest absolute Gasteiger partial charge is 0.123 e. The monoisotopic (exact) mass is 226 g/mol. The first-order chi connectivity index (χ1) is 6.98. The van der Waals surface area contributed by atoms with E-state index in [-0.39, 0.29) is 0 Å². The van der Waals surface area contributed by atoms with Gasteiger partial charge in [0.2, 0.25) is 0 Å². The summed E-state index contributed by atoms with van der Waals surface area (Å²) in [6.07, 6.45) is 11.1. The molecule has 0 heterocycles. The summed E-state index contributed by atoms with van der Waals surface area (Å²) in [6, 6.07) is 0. The van der Waals surface area contributed by atoms with Gasteiger partial charge in [-0.1, -0.05) is 45.1 Å². The number of carbonyl (C=O) groups is 1. The molecule has 0 saturated carbocycles. The number of rotatable bonds is 8. The van der Waals surface area contributed by atoms with E-state index < -0.39 is 8.07 Å². The Morgan fingerprint density at radius 1 is 1.07 bits per heavy atom. The van der Waals surface area contributed by atoms with Gasteiger partial charge in [0.05, 0.1) is 0 Å². The Morgan fingerprint density at radius 2 is 1.73 bits per heavy atom. The normalized spacial score (nSPS) is 12.3. The molecule has 1 nitrogen and oxygen atoms in total. The second-order valence-corrected chi connectivity index (χ2v) is 10.2. The number of unbranched alkanes of at least 4 members (excludes halogenated alkanes) is 3. The number of allylic oxidation sites excluding steroid dienone is 2. The van der Waals surface area contributed by atoms with Crippen LogP contribution in [0.25, 0.3) is 0 Å². The van der Waals surface area contributed by atoms with Gasteiger partial charge in [0.25, 0.3) is 0 Å². The third-order valence-electron chi connectivity index (χ3n) is 2.51. The summed E-state index contributed by atoms with van der Waals surface area (Å²) in [7, 11) is -1.49. The molecule has 0 amide bonds. The lowest BCUT2D eigenvalue weighted by Crippen LogP contribution is -2.32. The highest BCUT2D eigenvalue weighted by atomic mass is 28.3. The van der Waals surface area contributed by atoms with Crippen molar-refractivity contribution in [1.82, 2.24) is 0 Å². The molecule has 88 valence electrons. The van der Waals surface area contributed by atoms with Crippen molar-refractivity contribution in [3.63, 3.8) is 0 Å². The second kappa shape index (κ2) is 7.86. The van der Waals surface area contributed by atoms with Crippen molar-refractivity contribution in [2.75, 3.05) is 0 Å². The third kappa shape index (κ3) is 8.61. The molecule has 0 atom stereocenters. The van der Waals surface area contributed by atoms with Crippen molar-refractivity contribution >= 4 is 13.5 Å². The van der Waals surface area contributed by atoms with E-state index in [0.717, 1.165) is 19.3 Å². The summed E-state index contributed by atoms with van der Waals surface area (Å²) in [6.45, 7) is 8.57. The van der Waals surface area contributed by atoms with E-state index in [1.165, 1.54) is 19.3 Å². The van der Waals surface area contributed by atoms with Crippen molar-refractivity contribution in [3.8, 4) is 0 Å². The fourth-order valence-electron chi connectivity index (χ4n) is 1.38. The number of hydrogen-bond acceptors (Lipinski definition) is 1. The predicted octanol–water partition coefficient (Wildman–Crippen LogP) is 4.35. The van der Waals surface area contributed by atoms with Crippen LogP contribution in [0.5, 0.6) is 0 Å². The molecular formula is C13H26OSi. The summed E-state index contributed by atoms with van der Waals surface area (Å²) in [5.41, 5.74) is 0. The van der Waals surface area contributed by atoms with Crippen molar-refractivity contribution in [2.24, 2.45) is 0 Å². The molecule has 15 heavy (non-hydrogen) atoms. The predicted molar refractivity (Wildman–Crippen MR) is 70.9 cm³/mol. The number of hydrogen-bond donors (Lipinski definition) is 0. The van der Waals surface area contributed by atoms with E-state index >= 15 is 0 Å². The lowest BCUT2D eigenvalue weighted by atomic mass is 10.1. The van der Waals surface area contributed by atoms with Crippen molar-refractivity contribution in [1.29, 1.82) is 0 Å². The average molecular weight is 226 g/mol. The van der Waals surface area contributed by atoms with Gasteiger partial charge in [-0.05, 0) is 25.7 Å². The summed E-state index contributed by atoms with van der Waals surface area (Å²) >= 11 is 0. The molecule has 0 radical (unpaired) electrons. The zero-order valence-electron chi connectivity index (χ0n) is 10.8. The summed E-state index contributed by atoms with van der Waals surface area (Å²) in [4.78, 5) is 11.6. The van der Waals surface area contributed by atoms with E-state index in [0.29, 0.717) is 5.41 Å². The van der Waals surface area contributed by atoms with Gasteiger partial charge in [0, 0.05) is 6.42 Å². The van der Waals surface area contributed by atoms with Crippen LogP contribution in [0, 0.1) is 0 Å². The molecule has 0 aromatic carbocycles. The van der Waals surface area contributed by atoms with Crippen LogP contribution in [0.2, 0.25) is 19.6 Å². The van der Waals surface area contributed by atoms with E-state index in [1.807, 2.05) is 0 Å². The fourth-order valence-corrected chi connectivity index (χ4v) is 2.31. The maximum Gasteiger partial charge on any atom is 0.123 e. The van der Waals surface area contributed by atoms with Crippen LogP contribution in [0.15, 0.2) is 12.2 Å². The van der Waals surface area contributed by atoms with E-state index in [9.17, 15) is 4.79 Å². The minimum atomic E-state index is -1.49. The van der Waals surface area contributed by atoms with Gasteiger partial charge in [-0.15, -0.1) is 0 Å². The zero-order chi connectivity index (χ0) is 11.7. The topological polar surface area (TPSA) is 17.1 Å². The fraction of sp³-hybridized carbons (Fsp3) is 0.769. The van der Waals surface area contributed by atoms with Gasteiger partial charge in [0.15, 0.2) is 0 Å². The molecule has 0 rings (SSSR count). The average Bonchev–Trinajstić information content (AvgIpc) is 2.14. The highest BCUT2D eigenvalue weighted by Gasteiger charge is 2.22. The molecule has 0 N–H and O–H groups in total. The van der Waals surface area contributed by atoms with Crippen LogP contribution >= 0.6 is 0 Å². The van der Waals surface area contributed by atoms with Crippen LogP contribution in [-0.4, -0.2) is 13.5 Å². The van der Waals surface area contributed by atoms with E-state index in [2.05, 4.69) is 38.7 Å². The van der Waals surface area contributed by atoms with Crippen molar-refractivity contribution in [3.05, 3.63) is 12.2 Å².